The summed E-state index contributed by atoms with van der Waals surface area (Å²) < 4.78 is 10.4. The minimum atomic E-state index is -0.447. The first-order valence-corrected chi connectivity index (χ1v) is 8.02. The lowest BCUT2D eigenvalue weighted by molar-refractivity contribution is -0.120. The highest BCUT2D eigenvalue weighted by Crippen LogP contribution is 2.17. The van der Waals surface area contributed by atoms with Crippen LogP contribution in [0.25, 0.3) is 0 Å². The number of thiocarbonyl (C=S) groups is 1. The van der Waals surface area contributed by atoms with Gasteiger partial charge in [-0.15, -0.1) is 0 Å². The highest BCUT2D eigenvalue weighted by atomic mass is 32.1. The lowest BCUT2D eigenvalue weighted by atomic mass is 10.1. The van der Waals surface area contributed by atoms with Crippen LogP contribution >= 0.6 is 12.2 Å². The predicted octanol–water partition coefficient (Wildman–Crippen LogP) is 1.83. The molecule has 0 aliphatic carbocycles. The van der Waals surface area contributed by atoms with E-state index in [1.807, 2.05) is 12.1 Å². The second kappa shape index (κ2) is 7.31. The topological polar surface area (TPSA) is 76.7 Å². The number of methoxy groups -OCH3 is 1. The monoisotopic (exact) mass is 356 g/mol. The Morgan fingerprint density at radius 3 is 2.28 bits per heavy atom. The first-order chi connectivity index (χ1) is 12.0. The number of ether oxygens (including phenoxy) is 2. The van der Waals surface area contributed by atoms with Gasteiger partial charge in [0.2, 0.25) is 5.91 Å². The molecule has 1 aliphatic heterocycles. The molecule has 1 aliphatic rings. The van der Waals surface area contributed by atoms with Crippen LogP contribution in [0.1, 0.15) is 15.9 Å². The summed E-state index contributed by atoms with van der Waals surface area (Å²) >= 11 is 4.91. The van der Waals surface area contributed by atoms with E-state index in [0.717, 1.165) is 5.56 Å². The van der Waals surface area contributed by atoms with Crippen molar-refractivity contribution in [3.05, 3.63) is 59.7 Å². The van der Waals surface area contributed by atoms with Crippen molar-refractivity contribution in [2.75, 3.05) is 7.11 Å². The number of hydrogen-bond acceptors (Lipinski definition) is 5. The molecule has 6 nitrogen and oxygen atoms in total. The van der Waals surface area contributed by atoms with Gasteiger partial charge in [-0.05, 0) is 54.2 Å². The summed E-state index contributed by atoms with van der Waals surface area (Å²) in [5.41, 5.74) is 1.37. The molecule has 0 radical (unpaired) electrons. The molecule has 25 heavy (non-hydrogen) atoms. The smallest absolute Gasteiger partial charge is 0.343 e. The highest BCUT2D eigenvalue weighted by Gasteiger charge is 2.26. The highest BCUT2D eigenvalue weighted by molar-refractivity contribution is 7.80. The minimum Gasteiger partial charge on any atom is -0.497 e. The van der Waals surface area contributed by atoms with E-state index in [2.05, 4.69) is 10.6 Å². The van der Waals surface area contributed by atoms with Crippen LogP contribution in [0.2, 0.25) is 0 Å². The maximum Gasteiger partial charge on any atom is 0.343 e. The summed E-state index contributed by atoms with van der Waals surface area (Å²) in [5, 5.41) is 5.81. The Balaban J connectivity index is 1.61. The Hall–Kier alpha value is -2.93. The van der Waals surface area contributed by atoms with Crippen LogP contribution in [-0.2, 0) is 11.2 Å². The van der Waals surface area contributed by atoms with E-state index < -0.39 is 5.97 Å². The van der Waals surface area contributed by atoms with Crippen molar-refractivity contribution in [2.45, 2.75) is 12.5 Å². The van der Waals surface area contributed by atoms with Gasteiger partial charge in [0.25, 0.3) is 0 Å². The fraction of sp³-hybridized carbons (Fsp3) is 0.167. The van der Waals surface area contributed by atoms with Crippen LogP contribution in [0.4, 0.5) is 0 Å². The van der Waals surface area contributed by atoms with Gasteiger partial charge in [-0.25, -0.2) is 4.79 Å². The minimum absolute atomic E-state index is 0.139. The molecule has 128 valence electrons. The molecule has 0 saturated carbocycles. The van der Waals surface area contributed by atoms with E-state index in [0.29, 0.717) is 28.6 Å². The van der Waals surface area contributed by atoms with Gasteiger partial charge in [0.15, 0.2) is 5.11 Å². The van der Waals surface area contributed by atoms with Gasteiger partial charge in [0, 0.05) is 6.42 Å². The molecule has 0 aromatic heterocycles. The molecule has 1 saturated heterocycles. The molecule has 1 fully saturated rings. The second-order valence-electron chi connectivity index (χ2n) is 5.48. The number of carbonyl (C=O) groups excluding carboxylic acids is 2. The van der Waals surface area contributed by atoms with E-state index in [1.54, 1.807) is 43.5 Å². The SMILES string of the molecule is COc1ccc(C(=O)Oc2ccc(CC3NC(=S)NC3=O)cc2)cc1. The molecule has 1 heterocycles. The summed E-state index contributed by atoms with van der Waals surface area (Å²) in [7, 11) is 1.56. The van der Waals surface area contributed by atoms with Gasteiger partial charge in [-0.1, -0.05) is 12.1 Å². The van der Waals surface area contributed by atoms with E-state index in [4.69, 9.17) is 21.7 Å². The molecule has 7 heteroatoms. The van der Waals surface area contributed by atoms with Crippen LogP contribution in [0.3, 0.4) is 0 Å². The van der Waals surface area contributed by atoms with Crippen LogP contribution in [0.5, 0.6) is 11.5 Å². The Morgan fingerprint density at radius 2 is 1.72 bits per heavy atom. The maximum absolute atomic E-state index is 12.1. The normalized spacial score (nSPS) is 16.1. The summed E-state index contributed by atoms with van der Waals surface area (Å²) in [5.74, 6) is 0.520. The Bertz CT molecular complexity index is 803. The molecule has 2 aromatic rings. The second-order valence-corrected chi connectivity index (χ2v) is 5.89. The third kappa shape index (κ3) is 4.13. The first kappa shape index (κ1) is 16.9. The van der Waals surface area contributed by atoms with Gasteiger partial charge in [0.05, 0.1) is 12.7 Å². The zero-order chi connectivity index (χ0) is 17.8. The standard InChI is InChI=1S/C18H16N2O4S/c1-23-13-8-4-12(5-9-13)17(22)24-14-6-2-11(3-7-14)10-15-16(21)20-18(25)19-15/h2-9,15H,10H2,1H3,(H2,19,20,21,25). The number of esters is 1. The largest absolute Gasteiger partial charge is 0.497 e. The average Bonchev–Trinajstić information content (AvgIpc) is 2.94. The lowest BCUT2D eigenvalue weighted by Gasteiger charge is -2.09. The molecule has 1 amide bonds. The Morgan fingerprint density at radius 1 is 1.08 bits per heavy atom. The van der Waals surface area contributed by atoms with Crippen LogP contribution in [-0.4, -0.2) is 30.1 Å². The fourth-order valence-electron chi connectivity index (χ4n) is 2.42. The molecule has 0 bridgehead atoms. The fourth-order valence-corrected chi connectivity index (χ4v) is 2.67. The van der Waals surface area contributed by atoms with Crippen LogP contribution in [0.15, 0.2) is 48.5 Å². The average molecular weight is 356 g/mol. The van der Waals surface area contributed by atoms with E-state index in [9.17, 15) is 9.59 Å². The lowest BCUT2D eigenvalue weighted by Crippen LogP contribution is -2.30. The maximum atomic E-state index is 12.1. The zero-order valence-electron chi connectivity index (χ0n) is 13.4. The van der Waals surface area contributed by atoms with Gasteiger partial charge in [-0.2, -0.15) is 0 Å². The number of hydrogen-bond donors (Lipinski definition) is 2. The van der Waals surface area contributed by atoms with Crippen molar-refractivity contribution in [3.63, 3.8) is 0 Å². The van der Waals surface area contributed by atoms with Crippen molar-refractivity contribution in [2.24, 2.45) is 0 Å². The van der Waals surface area contributed by atoms with Gasteiger partial charge in [-0.3, -0.25) is 4.79 Å². The molecule has 3 rings (SSSR count). The van der Waals surface area contributed by atoms with Crippen molar-refractivity contribution in [3.8, 4) is 11.5 Å². The molecule has 2 aromatic carbocycles. The third-order valence-corrected chi connectivity index (χ3v) is 3.98. The number of rotatable bonds is 5. The number of carbonyl (C=O) groups is 2. The zero-order valence-corrected chi connectivity index (χ0v) is 14.3. The van der Waals surface area contributed by atoms with Crippen molar-refractivity contribution >= 4 is 29.2 Å². The number of amides is 1. The molecule has 2 N–H and O–H groups in total. The summed E-state index contributed by atoms with van der Waals surface area (Å²) in [4.78, 5) is 23.8. The Kier molecular flexibility index (Phi) is 4.95. The van der Waals surface area contributed by atoms with Crippen LogP contribution < -0.4 is 20.1 Å². The molecular formula is C18H16N2O4S. The molecule has 1 unspecified atom stereocenters. The van der Waals surface area contributed by atoms with Gasteiger partial charge in [0.1, 0.15) is 17.5 Å². The number of nitrogens with one attached hydrogen (secondary N) is 2. The van der Waals surface area contributed by atoms with E-state index in [-0.39, 0.29) is 11.9 Å². The predicted molar refractivity (Wildman–Crippen MR) is 95.8 cm³/mol. The van der Waals surface area contributed by atoms with E-state index >= 15 is 0 Å². The Labute approximate surface area is 150 Å². The third-order valence-electron chi connectivity index (χ3n) is 3.76. The molecule has 1 atom stereocenters. The molecule has 0 spiro atoms. The summed E-state index contributed by atoms with van der Waals surface area (Å²) in [6, 6.07) is 13.3. The van der Waals surface area contributed by atoms with Gasteiger partial charge >= 0.3 is 5.97 Å². The summed E-state index contributed by atoms with van der Waals surface area (Å²) in [6.07, 6.45) is 0.499. The molecular weight excluding hydrogens is 340 g/mol. The number of benzene rings is 2. The van der Waals surface area contributed by atoms with E-state index in [1.165, 1.54) is 0 Å². The quantitative estimate of drug-likeness (QED) is 0.484. The van der Waals surface area contributed by atoms with Crippen LogP contribution in [0, 0.1) is 0 Å². The first-order valence-electron chi connectivity index (χ1n) is 7.61. The van der Waals surface area contributed by atoms with Crippen molar-refractivity contribution in [1.29, 1.82) is 0 Å². The summed E-state index contributed by atoms with van der Waals surface area (Å²) in [6.45, 7) is 0. The van der Waals surface area contributed by atoms with Gasteiger partial charge < -0.3 is 20.1 Å². The van der Waals surface area contributed by atoms with Crippen molar-refractivity contribution < 1.29 is 19.1 Å². The van der Waals surface area contributed by atoms with Crippen molar-refractivity contribution in [1.82, 2.24) is 10.6 Å².